The van der Waals surface area contributed by atoms with Crippen LogP contribution in [-0.4, -0.2) is 6.71 Å². The van der Waals surface area contributed by atoms with Gasteiger partial charge in [-0.05, 0) is 76.5 Å². The molecule has 1 aliphatic rings. The largest absolute Gasteiger partial charge is 0.243 e. The first-order valence-corrected chi connectivity index (χ1v) is 12.8. The average Bonchev–Trinajstić information content (AvgIpc) is 2.73. The Morgan fingerprint density at radius 2 is 0.938 bits per heavy atom. The predicted molar refractivity (Wildman–Crippen MR) is 145 cm³/mol. The molecule has 0 bridgehead atoms. The van der Waals surface area contributed by atoms with Crippen molar-refractivity contribution in [3.63, 3.8) is 0 Å². The summed E-state index contributed by atoms with van der Waals surface area (Å²) in [4.78, 5) is 0. The fourth-order valence-electron chi connectivity index (χ4n) is 5.89. The highest BCUT2D eigenvalue weighted by molar-refractivity contribution is 7.81. The summed E-state index contributed by atoms with van der Waals surface area (Å²) in [6.07, 6.45) is 0. The van der Waals surface area contributed by atoms with Crippen LogP contribution in [0.25, 0.3) is 0 Å². The molecule has 2 heteroatoms. The maximum atomic E-state index is 2.39. The van der Waals surface area contributed by atoms with Gasteiger partial charge in [-0.3, -0.25) is 0 Å². The Morgan fingerprint density at radius 3 is 1.41 bits per heavy atom. The Labute approximate surface area is 194 Å². The summed E-state index contributed by atoms with van der Waals surface area (Å²) in [5.41, 5.74) is 12.7. The molecular formula is C30H30BP. The molecule has 5 rings (SSSR count). The van der Waals surface area contributed by atoms with Crippen LogP contribution in [0, 0.1) is 41.5 Å². The second kappa shape index (κ2) is 8.06. The van der Waals surface area contributed by atoms with Crippen LogP contribution in [0.4, 0.5) is 0 Å². The topological polar surface area (TPSA) is 0 Å². The van der Waals surface area contributed by atoms with E-state index in [-0.39, 0.29) is 6.71 Å². The highest BCUT2D eigenvalue weighted by Gasteiger charge is 2.38. The van der Waals surface area contributed by atoms with Gasteiger partial charge in [-0.15, -0.1) is 0 Å². The number of rotatable bonds is 2. The van der Waals surface area contributed by atoms with Gasteiger partial charge in [0, 0.05) is 0 Å². The van der Waals surface area contributed by atoms with E-state index in [1.54, 1.807) is 0 Å². The molecule has 32 heavy (non-hydrogen) atoms. The third kappa shape index (κ3) is 3.35. The lowest BCUT2D eigenvalue weighted by molar-refractivity contribution is 1.35. The first-order valence-electron chi connectivity index (χ1n) is 11.5. The van der Waals surface area contributed by atoms with Gasteiger partial charge in [-0.1, -0.05) is 111 Å². The fraction of sp³-hybridized carbons (Fsp3) is 0.200. The monoisotopic (exact) mass is 432 g/mol. The Morgan fingerprint density at radius 1 is 0.531 bits per heavy atom. The Bertz CT molecular complexity index is 1150. The van der Waals surface area contributed by atoms with E-state index in [1.165, 1.54) is 65.7 Å². The summed E-state index contributed by atoms with van der Waals surface area (Å²) in [5, 5.41) is 4.56. The van der Waals surface area contributed by atoms with Crippen molar-refractivity contribution in [2.75, 3.05) is 0 Å². The van der Waals surface area contributed by atoms with Gasteiger partial charge in [0.25, 0.3) is 0 Å². The smallest absolute Gasteiger partial charge is 0.0663 e. The Hall–Kier alpha value is -2.63. The first kappa shape index (κ1) is 21.2. The molecule has 1 aliphatic heterocycles. The van der Waals surface area contributed by atoms with Crippen LogP contribution in [0.15, 0.2) is 72.8 Å². The molecule has 0 atom stereocenters. The Balaban J connectivity index is 1.85. The minimum atomic E-state index is -0.595. The van der Waals surface area contributed by atoms with Gasteiger partial charge < -0.3 is 0 Å². The molecule has 0 unspecified atom stereocenters. The molecule has 0 radical (unpaired) electrons. The number of hydrogen-bond acceptors (Lipinski definition) is 0. The zero-order valence-electron chi connectivity index (χ0n) is 20.0. The van der Waals surface area contributed by atoms with Crippen LogP contribution in [0.1, 0.15) is 33.4 Å². The third-order valence-electron chi connectivity index (χ3n) is 6.86. The van der Waals surface area contributed by atoms with E-state index in [1.807, 2.05) is 0 Å². The van der Waals surface area contributed by atoms with Crippen molar-refractivity contribution in [2.45, 2.75) is 41.5 Å². The molecule has 4 aromatic carbocycles. The van der Waals surface area contributed by atoms with Gasteiger partial charge in [0.1, 0.15) is 0 Å². The summed E-state index contributed by atoms with van der Waals surface area (Å²) in [5.74, 6) is 0. The van der Waals surface area contributed by atoms with Crippen LogP contribution < -0.4 is 32.3 Å². The van der Waals surface area contributed by atoms with Gasteiger partial charge in [-0.2, -0.15) is 0 Å². The molecule has 0 spiro atoms. The molecule has 158 valence electrons. The summed E-state index contributed by atoms with van der Waals surface area (Å²) in [6, 6.07) is 27.8. The van der Waals surface area contributed by atoms with Gasteiger partial charge >= 0.3 is 0 Å². The minimum Gasteiger partial charge on any atom is -0.0663 e. The quantitative estimate of drug-likeness (QED) is 0.291. The molecule has 0 N–H and O–H groups in total. The molecule has 0 aliphatic carbocycles. The maximum absolute atomic E-state index is 2.39. The third-order valence-corrected chi connectivity index (χ3v) is 9.79. The van der Waals surface area contributed by atoms with E-state index in [2.05, 4.69) is 114 Å². The predicted octanol–water partition coefficient (Wildman–Crippen LogP) is 4.12. The van der Waals surface area contributed by atoms with Crippen LogP contribution in [-0.2, 0) is 0 Å². The van der Waals surface area contributed by atoms with Crippen molar-refractivity contribution in [1.29, 1.82) is 0 Å². The van der Waals surface area contributed by atoms with E-state index in [4.69, 9.17) is 0 Å². The Kier molecular flexibility index (Phi) is 5.35. The fourth-order valence-corrected chi connectivity index (χ4v) is 8.86. The zero-order chi connectivity index (χ0) is 22.6. The summed E-state index contributed by atoms with van der Waals surface area (Å²) < 4.78 is 0. The molecule has 0 amide bonds. The van der Waals surface area contributed by atoms with Crippen molar-refractivity contribution in [3.05, 3.63) is 106 Å². The molecular weight excluding hydrogens is 402 g/mol. The average molecular weight is 432 g/mol. The lowest BCUT2D eigenvalue weighted by Gasteiger charge is -2.36. The molecule has 0 fully saturated rings. The highest BCUT2D eigenvalue weighted by atomic mass is 31.1. The molecule has 0 saturated heterocycles. The summed E-state index contributed by atoms with van der Waals surface area (Å²) in [6.45, 7) is 13.9. The molecule has 0 aromatic heterocycles. The van der Waals surface area contributed by atoms with Crippen LogP contribution in [0.5, 0.6) is 0 Å². The first-order chi connectivity index (χ1) is 15.4. The van der Waals surface area contributed by atoms with E-state index in [0.29, 0.717) is 0 Å². The van der Waals surface area contributed by atoms with Crippen molar-refractivity contribution < 1.29 is 0 Å². The van der Waals surface area contributed by atoms with E-state index in [9.17, 15) is 0 Å². The SMILES string of the molecule is Cc1cc(C)c(B2c3ccccc3P(c3c(C)cc(C)cc3C)c3ccccc32)c(C)c1. The van der Waals surface area contributed by atoms with Crippen LogP contribution in [0.2, 0.25) is 0 Å². The van der Waals surface area contributed by atoms with Crippen molar-refractivity contribution in [3.8, 4) is 0 Å². The number of benzene rings is 4. The standard InChI is InChI=1S/C30H30BP/c1-19-15-21(3)29(22(4)16-19)31-25-11-7-9-13-27(25)32(28-14-10-8-12-26(28)31)30-23(5)17-20(2)18-24(30)6/h7-18H,1-6H3. The number of hydrogen-bond donors (Lipinski definition) is 0. The van der Waals surface area contributed by atoms with E-state index in [0.717, 1.165) is 0 Å². The second-order valence-electron chi connectivity index (χ2n) is 9.45. The maximum Gasteiger partial charge on any atom is 0.243 e. The van der Waals surface area contributed by atoms with E-state index < -0.39 is 7.92 Å². The van der Waals surface area contributed by atoms with Crippen molar-refractivity contribution in [2.24, 2.45) is 0 Å². The van der Waals surface area contributed by atoms with Gasteiger partial charge in [-0.25, -0.2) is 0 Å². The van der Waals surface area contributed by atoms with Gasteiger partial charge in [0.05, 0.1) is 0 Å². The van der Waals surface area contributed by atoms with Crippen LogP contribution >= 0.6 is 7.92 Å². The van der Waals surface area contributed by atoms with Crippen LogP contribution in [0.3, 0.4) is 0 Å². The highest BCUT2D eigenvalue weighted by Crippen LogP contribution is 2.36. The normalized spacial score (nSPS) is 13.1. The molecule has 1 heterocycles. The lowest BCUT2D eigenvalue weighted by Crippen LogP contribution is -2.65. The molecule has 4 aromatic rings. The number of aryl methyl sites for hydroxylation is 6. The summed E-state index contributed by atoms with van der Waals surface area (Å²) in [7, 11) is -0.595. The lowest BCUT2D eigenvalue weighted by atomic mass is 9.35. The van der Waals surface area contributed by atoms with Crippen molar-refractivity contribution in [1.82, 2.24) is 0 Å². The van der Waals surface area contributed by atoms with Crippen molar-refractivity contribution >= 4 is 46.9 Å². The van der Waals surface area contributed by atoms with Gasteiger partial charge in [0.2, 0.25) is 6.71 Å². The minimum absolute atomic E-state index is 0.285. The second-order valence-corrected chi connectivity index (χ2v) is 11.5. The zero-order valence-corrected chi connectivity index (χ0v) is 20.8. The number of fused-ring (bicyclic) bond motifs is 2. The summed E-state index contributed by atoms with van der Waals surface area (Å²) >= 11 is 0. The van der Waals surface area contributed by atoms with E-state index >= 15 is 0 Å². The molecule has 0 saturated carbocycles. The van der Waals surface area contributed by atoms with Gasteiger partial charge in [0.15, 0.2) is 0 Å². The molecule has 0 nitrogen and oxygen atoms in total.